The van der Waals surface area contributed by atoms with Crippen molar-refractivity contribution in [3.8, 4) is 17.2 Å². The highest BCUT2D eigenvalue weighted by Crippen LogP contribution is 2.47. The summed E-state index contributed by atoms with van der Waals surface area (Å²) in [6.07, 6.45) is 12.7. The number of carbonyl (C=O) groups excluding carboxylic acids is 3. The molecule has 0 aromatic heterocycles. The van der Waals surface area contributed by atoms with Crippen molar-refractivity contribution in [3.63, 3.8) is 0 Å². The largest absolute Gasteiger partial charge is 0.493 e. The van der Waals surface area contributed by atoms with E-state index < -0.39 is 29.2 Å². The molecule has 41 heavy (non-hydrogen) atoms. The quantitative estimate of drug-likeness (QED) is 0.396. The number of carbonyl (C=O) groups is 3. The monoisotopic (exact) mass is 571 g/mol. The molecule has 3 fully saturated rings. The van der Waals surface area contributed by atoms with E-state index in [0.29, 0.717) is 49.0 Å². The van der Waals surface area contributed by atoms with Crippen LogP contribution in [0.2, 0.25) is 0 Å². The van der Waals surface area contributed by atoms with Gasteiger partial charge in [-0.3, -0.25) is 14.4 Å². The lowest BCUT2D eigenvalue weighted by Crippen LogP contribution is -2.68. The Labute approximate surface area is 244 Å². The molecule has 1 saturated heterocycles. The van der Waals surface area contributed by atoms with Crippen LogP contribution in [0.25, 0.3) is 0 Å². The minimum atomic E-state index is -1.44. The SMILES string of the molecule is COc1cc([C@@H](C(=O)N2CCCCC2(C(N)=O)[C@H](CC2CCCCC2)C(N)=O)C2CCCCC2)cc(OC)c1OC. The molecule has 1 unspecified atom stereocenters. The van der Waals surface area contributed by atoms with E-state index in [1.165, 1.54) is 6.42 Å². The first kappa shape index (κ1) is 31.0. The molecule has 4 N–H and O–H groups in total. The summed E-state index contributed by atoms with van der Waals surface area (Å²) in [4.78, 5) is 43.3. The Kier molecular flexibility index (Phi) is 10.4. The number of likely N-dealkylation sites (tertiary alicyclic amines) is 1. The minimum Gasteiger partial charge on any atom is -0.493 e. The van der Waals surface area contributed by atoms with Crippen molar-refractivity contribution < 1.29 is 28.6 Å². The van der Waals surface area contributed by atoms with Gasteiger partial charge in [0.25, 0.3) is 0 Å². The van der Waals surface area contributed by atoms with Crippen molar-refractivity contribution in [3.05, 3.63) is 17.7 Å². The Morgan fingerprint density at radius 1 is 0.854 bits per heavy atom. The zero-order valence-electron chi connectivity index (χ0n) is 25.1. The molecule has 3 amide bonds. The molecule has 1 heterocycles. The number of nitrogens with two attached hydrogens (primary N) is 2. The Morgan fingerprint density at radius 2 is 1.44 bits per heavy atom. The van der Waals surface area contributed by atoms with E-state index in [1.54, 1.807) is 26.2 Å². The van der Waals surface area contributed by atoms with Gasteiger partial charge in [0, 0.05) is 6.54 Å². The summed E-state index contributed by atoms with van der Waals surface area (Å²) >= 11 is 0. The van der Waals surface area contributed by atoms with E-state index in [9.17, 15) is 14.4 Å². The maximum atomic E-state index is 14.9. The van der Waals surface area contributed by atoms with Crippen molar-refractivity contribution in [2.45, 2.75) is 101 Å². The first-order chi connectivity index (χ1) is 19.8. The van der Waals surface area contributed by atoms with Crippen LogP contribution in [-0.2, 0) is 14.4 Å². The maximum Gasteiger partial charge on any atom is 0.244 e. The van der Waals surface area contributed by atoms with Gasteiger partial charge in [0.05, 0.1) is 33.2 Å². The molecule has 0 spiro atoms. The van der Waals surface area contributed by atoms with Crippen molar-refractivity contribution in [1.29, 1.82) is 0 Å². The molecule has 0 bridgehead atoms. The lowest BCUT2D eigenvalue weighted by molar-refractivity contribution is -0.160. The Morgan fingerprint density at radius 3 is 1.95 bits per heavy atom. The predicted molar refractivity (Wildman–Crippen MR) is 157 cm³/mol. The average molecular weight is 572 g/mol. The normalized spacial score (nSPS) is 23.8. The van der Waals surface area contributed by atoms with Gasteiger partial charge in [0.1, 0.15) is 5.54 Å². The maximum absolute atomic E-state index is 14.9. The number of methoxy groups -OCH3 is 3. The number of hydrogen-bond donors (Lipinski definition) is 2. The number of nitrogens with zero attached hydrogens (tertiary/aromatic N) is 1. The molecule has 3 aliphatic rings. The van der Waals surface area contributed by atoms with Crippen molar-refractivity contribution in [2.24, 2.45) is 29.2 Å². The van der Waals surface area contributed by atoms with Crippen LogP contribution in [0.5, 0.6) is 17.2 Å². The lowest BCUT2D eigenvalue weighted by atomic mass is 9.68. The molecule has 4 rings (SSSR count). The molecule has 1 aromatic rings. The topological polar surface area (TPSA) is 134 Å². The summed E-state index contributed by atoms with van der Waals surface area (Å²) < 4.78 is 16.9. The molecule has 0 radical (unpaired) electrons. The number of piperidine rings is 1. The van der Waals surface area contributed by atoms with E-state index >= 15 is 0 Å². The van der Waals surface area contributed by atoms with E-state index in [2.05, 4.69) is 0 Å². The van der Waals surface area contributed by atoms with Gasteiger partial charge >= 0.3 is 0 Å². The smallest absolute Gasteiger partial charge is 0.244 e. The van der Waals surface area contributed by atoms with Gasteiger partial charge in [-0.2, -0.15) is 0 Å². The predicted octanol–water partition coefficient (Wildman–Crippen LogP) is 4.68. The van der Waals surface area contributed by atoms with Crippen LogP contribution in [0.4, 0.5) is 0 Å². The van der Waals surface area contributed by atoms with Crippen LogP contribution in [-0.4, -0.2) is 56.0 Å². The van der Waals surface area contributed by atoms with E-state index in [4.69, 9.17) is 25.7 Å². The van der Waals surface area contributed by atoms with E-state index in [0.717, 1.165) is 69.8 Å². The van der Waals surface area contributed by atoms with Gasteiger partial charge in [-0.15, -0.1) is 0 Å². The highest BCUT2D eigenvalue weighted by Gasteiger charge is 2.56. The van der Waals surface area contributed by atoms with E-state index in [-0.39, 0.29) is 11.8 Å². The van der Waals surface area contributed by atoms with Gasteiger partial charge in [-0.25, -0.2) is 0 Å². The van der Waals surface area contributed by atoms with Gasteiger partial charge in [-0.1, -0.05) is 51.4 Å². The summed E-state index contributed by atoms with van der Waals surface area (Å²) in [5.41, 5.74) is 11.6. The second kappa shape index (κ2) is 13.8. The Balaban J connectivity index is 1.81. The fourth-order valence-corrected chi connectivity index (χ4v) is 7.93. The molecule has 2 saturated carbocycles. The van der Waals surface area contributed by atoms with Gasteiger partial charge in [0.15, 0.2) is 11.5 Å². The van der Waals surface area contributed by atoms with Gasteiger partial charge < -0.3 is 30.6 Å². The second-order valence-electron chi connectivity index (χ2n) is 12.3. The number of rotatable bonds is 11. The number of hydrogen-bond acceptors (Lipinski definition) is 6. The zero-order chi connectivity index (χ0) is 29.6. The third kappa shape index (κ3) is 6.28. The molecule has 1 aromatic carbocycles. The third-order valence-electron chi connectivity index (χ3n) is 10.0. The number of primary amides is 2. The molecule has 1 aliphatic heterocycles. The highest BCUT2D eigenvalue weighted by atomic mass is 16.5. The molecule has 228 valence electrons. The zero-order valence-corrected chi connectivity index (χ0v) is 25.1. The summed E-state index contributed by atoms with van der Waals surface area (Å²) in [5.74, 6) is -0.946. The first-order valence-electron chi connectivity index (χ1n) is 15.5. The van der Waals surface area contributed by atoms with Crippen molar-refractivity contribution in [2.75, 3.05) is 27.9 Å². The van der Waals surface area contributed by atoms with Gasteiger partial charge in [-0.05, 0) is 68.1 Å². The van der Waals surface area contributed by atoms with E-state index in [1.807, 2.05) is 12.1 Å². The second-order valence-corrected chi connectivity index (χ2v) is 12.3. The standard InChI is InChI=1S/C32H49N3O6/c1-39-25-19-23(20-26(40-2)28(25)41-3)27(22-14-8-5-9-15-22)30(37)35-17-11-10-16-32(35,31(34)38)24(29(33)36)18-21-12-6-4-7-13-21/h19-22,24,27H,4-18H2,1-3H3,(H2,33,36)(H2,34,38)/t24-,27+,32?/m1/s1. The highest BCUT2D eigenvalue weighted by molar-refractivity contribution is 5.97. The van der Waals surface area contributed by atoms with Crippen LogP contribution in [0.3, 0.4) is 0 Å². The number of ether oxygens (including phenoxy) is 3. The Bertz CT molecular complexity index is 1060. The van der Waals surface area contributed by atoms with Crippen LogP contribution in [0, 0.1) is 17.8 Å². The molecule has 2 aliphatic carbocycles. The van der Waals surface area contributed by atoms with Crippen LogP contribution < -0.4 is 25.7 Å². The Hall–Kier alpha value is -2.97. The fraction of sp³-hybridized carbons (Fsp3) is 0.719. The molecule has 9 nitrogen and oxygen atoms in total. The summed E-state index contributed by atoms with van der Waals surface area (Å²) in [7, 11) is 4.67. The molecule has 9 heteroatoms. The van der Waals surface area contributed by atoms with Crippen LogP contribution in [0.15, 0.2) is 12.1 Å². The van der Waals surface area contributed by atoms with Crippen molar-refractivity contribution in [1.82, 2.24) is 4.90 Å². The third-order valence-corrected chi connectivity index (χ3v) is 10.0. The summed E-state index contributed by atoms with van der Waals surface area (Å²) in [5, 5.41) is 0. The first-order valence-corrected chi connectivity index (χ1v) is 15.5. The summed E-state index contributed by atoms with van der Waals surface area (Å²) in [6, 6.07) is 3.70. The average Bonchev–Trinajstić information content (AvgIpc) is 3.00. The fourth-order valence-electron chi connectivity index (χ4n) is 7.93. The van der Waals surface area contributed by atoms with Crippen LogP contribution >= 0.6 is 0 Å². The molecular formula is C32H49N3O6. The number of benzene rings is 1. The van der Waals surface area contributed by atoms with Crippen molar-refractivity contribution >= 4 is 17.7 Å². The van der Waals surface area contributed by atoms with Gasteiger partial charge in [0.2, 0.25) is 23.5 Å². The minimum absolute atomic E-state index is 0.0666. The molecular weight excluding hydrogens is 522 g/mol. The number of amides is 3. The molecule has 3 atom stereocenters. The lowest BCUT2D eigenvalue weighted by Gasteiger charge is -2.50. The summed E-state index contributed by atoms with van der Waals surface area (Å²) in [6.45, 7) is 0.365. The van der Waals surface area contributed by atoms with Crippen LogP contribution in [0.1, 0.15) is 101 Å².